The van der Waals surface area contributed by atoms with E-state index in [4.69, 9.17) is 4.74 Å². The van der Waals surface area contributed by atoms with Crippen LogP contribution < -0.4 is 11.2 Å². The average molecular weight is 439 g/mol. The summed E-state index contributed by atoms with van der Waals surface area (Å²) >= 11 is 1.57. The third-order valence-corrected chi connectivity index (χ3v) is 8.02. The van der Waals surface area contributed by atoms with Crippen molar-refractivity contribution in [3.63, 3.8) is 0 Å². The Morgan fingerprint density at radius 1 is 1.10 bits per heavy atom. The minimum atomic E-state index is -0.298. The average Bonchev–Trinajstić information content (AvgIpc) is 3.13. The molecule has 1 aliphatic carbocycles. The molecule has 2 aliphatic rings. The standard InChI is InChI=1S/C25H30N2O3S/c1-25(2)15-19-20(16-30-25)31-23-21(19)22(28)27(18-11-7-4-8-12-18)24(29)26(23)14-13-17-9-5-3-6-10-17/h3,5-6,9-10,18H,4,7-8,11-16H2,1-2H3. The highest BCUT2D eigenvalue weighted by atomic mass is 32.1. The Hall–Kier alpha value is -2.18. The molecule has 0 N–H and O–H groups in total. The number of hydrogen-bond donors (Lipinski definition) is 0. The predicted molar refractivity (Wildman–Crippen MR) is 125 cm³/mol. The lowest BCUT2D eigenvalue weighted by Gasteiger charge is -2.30. The van der Waals surface area contributed by atoms with Gasteiger partial charge >= 0.3 is 5.69 Å². The van der Waals surface area contributed by atoms with Crippen molar-refractivity contribution in [3.8, 4) is 0 Å². The van der Waals surface area contributed by atoms with Crippen molar-refractivity contribution in [3.05, 3.63) is 67.2 Å². The number of nitrogens with zero attached hydrogens (tertiary/aromatic N) is 2. The van der Waals surface area contributed by atoms with Gasteiger partial charge in [-0.2, -0.15) is 0 Å². The Morgan fingerprint density at radius 3 is 2.58 bits per heavy atom. The summed E-state index contributed by atoms with van der Waals surface area (Å²) < 4.78 is 9.49. The fourth-order valence-corrected chi connectivity index (χ4v) is 6.36. The highest BCUT2D eigenvalue weighted by Crippen LogP contribution is 2.37. The van der Waals surface area contributed by atoms with Crippen LogP contribution in [-0.2, 0) is 30.7 Å². The molecule has 0 bridgehead atoms. The molecule has 3 heterocycles. The largest absolute Gasteiger partial charge is 0.370 e. The van der Waals surface area contributed by atoms with Crippen LogP contribution in [0.25, 0.3) is 10.2 Å². The van der Waals surface area contributed by atoms with E-state index in [-0.39, 0.29) is 22.9 Å². The van der Waals surface area contributed by atoms with Gasteiger partial charge in [0, 0.05) is 23.9 Å². The molecule has 0 radical (unpaired) electrons. The molecule has 0 unspecified atom stereocenters. The van der Waals surface area contributed by atoms with E-state index >= 15 is 0 Å². The number of ether oxygens (including phenoxy) is 1. The summed E-state index contributed by atoms with van der Waals surface area (Å²) in [5, 5.41) is 0.759. The molecule has 0 amide bonds. The molecule has 1 aromatic carbocycles. The van der Waals surface area contributed by atoms with E-state index in [9.17, 15) is 9.59 Å². The Morgan fingerprint density at radius 2 is 1.84 bits per heavy atom. The normalized spacial score (nSPS) is 18.9. The molecule has 6 heteroatoms. The maximum atomic E-state index is 13.7. The van der Waals surface area contributed by atoms with Gasteiger partial charge in [-0.05, 0) is 44.2 Å². The van der Waals surface area contributed by atoms with Gasteiger partial charge in [0.05, 0.1) is 17.6 Å². The topological polar surface area (TPSA) is 53.2 Å². The van der Waals surface area contributed by atoms with Crippen molar-refractivity contribution in [2.24, 2.45) is 0 Å². The summed E-state index contributed by atoms with van der Waals surface area (Å²) in [6, 6.07) is 10.3. The summed E-state index contributed by atoms with van der Waals surface area (Å²) in [6.45, 7) is 5.24. The Labute approximate surface area is 186 Å². The van der Waals surface area contributed by atoms with E-state index in [1.54, 1.807) is 15.9 Å². The van der Waals surface area contributed by atoms with E-state index in [1.807, 2.05) is 22.8 Å². The van der Waals surface area contributed by atoms with Gasteiger partial charge in [-0.15, -0.1) is 11.3 Å². The third kappa shape index (κ3) is 3.80. The van der Waals surface area contributed by atoms with E-state index in [2.05, 4.69) is 26.0 Å². The summed E-state index contributed by atoms with van der Waals surface area (Å²) in [5.74, 6) is 0. The van der Waals surface area contributed by atoms with Crippen molar-refractivity contribution >= 4 is 21.6 Å². The van der Waals surface area contributed by atoms with E-state index in [0.717, 1.165) is 52.8 Å². The molecule has 31 heavy (non-hydrogen) atoms. The molecular formula is C25H30N2O3S. The van der Waals surface area contributed by atoms with Crippen LogP contribution in [0.2, 0.25) is 0 Å². The molecule has 1 aliphatic heterocycles. The lowest BCUT2D eigenvalue weighted by molar-refractivity contribution is -0.0379. The molecule has 0 spiro atoms. The lowest BCUT2D eigenvalue weighted by atomic mass is 9.93. The number of fused-ring (bicyclic) bond motifs is 3. The van der Waals surface area contributed by atoms with Crippen LogP contribution in [0.1, 0.15) is 68.0 Å². The number of aromatic nitrogens is 2. The fraction of sp³-hybridized carbons (Fsp3) is 0.520. The van der Waals surface area contributed by atoms with Crippen LogP contribution in [0.5, 0.6) is 0 Å². The van der Waals surface area contributed by atoms with Gasteiger partial charge in [0.2, 0.25) is 0 Å². The molecule has 0 saturated heterocycles. The highest BCUT2D eigenvalue weighted by molar-refractivity contribution is 7.18. The Bertz CT molecular complexity index is 1210. The van der Waals surface area contributed by atoms with Gasteiger partial charge in [-0.25, -0.2) is 4.79 Å². The number of aryl methyl sites for hydroxylation is 2. The first-order valence-electron chi connectivity index (χ1n) is 11.4. The first-order valence-corrected chi connectivity index (χ1v) is 12.2. The first kappa shape index (κ1) is 20.7. The number of thiophene rings is 1. The second kappa shape index (κ2) is 8.06. The van der Waals surface area contributed by atoms with Gasteiger partial charge in [-0.3, -0.25) is 13.9 Å². The third-order valence-electron chi connectivity index (χ3n) is 6.79. The molecular weight excluding hydrogens is 408 g/mol. The van der Waals surface area contributed by atoms with Gasteiger partial charge in [-0.1, -0.05) is 49.6 Å². The van der Waals surface area contributed by atoms with E-state index < -0.39 is 0 Å². The van der Waals surface area contributed by atoms with Gasteiger partial charge < -0.3 is 4.74 Å². The molecule has 5 rings (SSSR count). The van der Waals surface area contributed by atoms with Gasteiger partial charge in [0.1, 0.15) is 4.83 Å². The summed E-state index contributed by atoms with van der Waals surface area (Å²) in [6.07, 6.45) is 6.67. The molecule has 5 nitrogen and oxygen atoms in total. The van der Waals surface area contributed by atoms with Crippen LogP contribution in [0.15, 0.2) is 39.9 Å². The fourth-order valence-electron chi connectivity index (χ4n) is 5.12. The summed E-state index contributed by atoms with van der Waals surface area (Å²) in [4.78, 5) is 29.3. The quantitative estimate of drug-likeness (QED) is 0.587. The number of benzene rings is 1. The number of hydrogen-bond acceptors (Lipinski definition) is 4. The van der Waals surface area contributed by atoms with Crippen molar-refractivity contribution in [2.75, 3.05) is 0 Å². The smallest absolute Gasteiger partial charge is 0.332 e. The van der Waals surface area contributed by atoms with Gasteiger partial charge in [0.25, 0.3) is 5.56 Å². The van der Waals surface area contributed by atoms with Crippen molar-refractivity contribution in [1.82, 2.24) is 9.13 Å². The second-order valence-electron chi connectivity index (χ2n) is 9.55. The van der Waals surface area contributed by atoms with Crippen LogP contribution >= 0.6 is 11.3 Å². The van der Waals surface area contributed by atoms with E-state index in [0.29, 0.717) is 19.6 Å². The second-order valence-corrected chi connectivity index (χ2v) is 10.6. The Balaban J connectivity index is 1.69. The van der Waals surface area contributed by atoms with E-state index in [1.165, 1.54) is 12.0 Å². The lowest BCUT2D eigenvalue weighted by Crippen LogP contribution is -2.43. The molecule has 164 valence electrons. The molecule has 1 saturated carbocycles. The monoisotopic (exact) mass is 438 g/mol. The molecule has 1 fully saturated rings. The van der Waals surface area contributed by atoms with Gasteiger partial charge in [0.15, 0.2) is 0 Å². The predicted octanol–water partition coefficient (Wildman–Crippen LogP) is 4.82. The number of rotatable bonds is 4. The van der Waals surface area contributed by atoms with Crippen LogP contribution in [0.3, 0.4) is 0 Å². The summed E-state index contributed by atoms with van der Waals surface area (Å²) in [5.41, 5.74) is 1.77. The summed E-state index contributed by atoms with van der Waals surface area (Å²) in [7, 11) is 0. The minimum absolute atomic E-state index is 0.0181. The molecule has 3 aromatic rings. The van der Waals surface area contributed by atoms with Crippen LogP contribution in [-0.4, -0.2) is 14.7 Å². The minimum Gasteiger partial charge on any atom is -0.370 e. The maximum Gasteiger partial charge on any atom is 0.332 e. The molecule has 2 aromatic heterocycles. The highest BCUT2D eigenvalue weighted by Gasteiger charge is 2.33. The SMILES string of the molecule is CC1(C)Cc2c(sc3c2c(=O)n(C2CCCCC2)c(=O)n3CCc2ccccc2)CO1. The first-order chi connectivity index (χ1) is 14.9. The maximum absolute atomic E-state index is 13.7. The van der Waals surface area contributed by atoms with Crippen LogP contribution in [0.4, 0.5) is 0 Å². The van der Waals surface area contributed by atoms with Crippen molar-refractivity contribution in [1.29, 1.82) is 0 Å². The zero-order valence-electron chi connectivity index (χ0n) is 18.4. The van der Waals surface area contributed by atoms with Crippen molar-refractivity contribution < 1.29 is 4.74 Å². The Kier molecular flexibility index (Phi) is 5.39. The zero-order valence-corrected chi connectivity index (χ0v) is 19.2. The zero-order chi connectivity index (χ0) is 21.6. The molecule has 0 atom stereocenters. The van der Waals surface area contributed by atoms with Crippen LogP contribution in [0, 0.1) is 0 Å². The van der Waals surface area contributed by atoms with Crippen molar-refractivity contribution in [2.45, 2.75) is 83.6 Å².